The predicted molar refractivity (Wildman–Crippen MR) is 119 cm³/mol. The van der Waals surface area contributed by atoms with E-state index in [2.05, 4.69) is 13.8 Å². The summed E-state index contributed by atoms with van der Waals surface area (Å²) in [6.07, 6.45) is 13.2. The molecule has 1 aromatic carbocycles. The van der Waals surface area contributed by atoms with Crippen LogP contribution in [0.15, 0.2) is 24.3 Å². The van der Waals surface area contributed by atoms with Crippen LogP contribution in [-0.2, 0) is 12.6 Å². The van der Waals surface area contributed by atoms with Crippen molar-refractivity contribution in [2.75, 3.05) is 0 Å². The average Bonchev–Trinajstić information content (AvgIpc) is 2.76. The Morgan fingerprint density at radius 2 is 1.30 bits per heavy atom. The first-order valence-corrected chi connectivity index (χ1v) is 12.5. The summed E-state index contributed by atoms with van der Waals surface area (Å²) in [5.74, 6) is 4.52. The summed E-state index contributed by atoms with van der Waals surface area (Å²) in [6, 6.07) is 5.78. The van der Waals surface area contributed by atoms with Gasteiger partial charge in [-0.2, -0.15) is 13.2 Å². The molecule has 0 amide bonds. The number of hydrogen-bond acceptors (Lipinski definition) is 0. The average molecular weight is 423 g/mol. The second-order valence-corrected chi connectivity index (χ2v) is 10.4. The molecular weight excluding hydrogens is 381 g/mol. The maximum Gasteiger partial charge on any atom is 0.416 e. The van der Waals surface area contributed by atoms with Gasteiger partial charge in [-0.3, -0.25) is 0 Å². The van der Waals surface area contributed by atoms with Crippen molar-refractivity contribution in [2.24, 2.45) is 29.6 Å². The third-order valence-electron chi connectivity index (χ3n) is 8.34. The first kappa shape index (κ1) is 23.7. The van der Waals surface area contributed by atoms with Gasteiger partial charge < -0.3 is 0 Å². The lowest BCUT2D eigenvalue weighted by Crippen LogP contribution is -2.26. The lowest BCUT2D eigenvalue weighted by atomic mass is 9.68. The fraction of sp³-hybridized carbons (Fsp3) is 0.778. The second-order valence-electron chi connectivity index (χ2n) is 10.4. The third kappa shape index (κ3) is 7.02. The Kier molecular flexibility index (Phi) is 8.72. The van der Waals surface area contributed by atoms with E-state index in [4.69, 9.17) is 0 Å². The predicted octanol–water partition coefficient (Wildman–Crippen LogP) is 9.08. The molecule has 30 heavy (non-hydrogen) atoms. The number of hydrogen-bond donors (Lipinski definition) is 0. The van der Waals surface area contributed by atoms with E-state index in [1.165, 1.54) is 82.8 Å². The van der Waals surface area contributed by atoms with Crippen molar-refractivity contribution >= 4 is 0 Å². The van der Waals surface area contributed by atoms with Crippen molar-refractivity contribution in [3.05, 3.63) is 35.4 Å². The minimum absolute atomic E-state index is 0.540. The molecule has 1 atom stereocenters. The van der Waals surface area contributed by atoms with Crippen molar-refractivity contribution < 1.29 is 13.2 Å². The Labute approximate surface area is 182 Å². The second kappa shape index (κ2) is 11.0. The summed E-state index contributed by atoms with van der Waals surface area (Å²) >= 11 is 0. The molecule has 0 bridgehead atoms. The van der Waals surface area contributed by atoms with E-state index < -0.39 is 11.7 Å². The maximum atomic E-state index is 12.7. The molecule has 0 aromatic heterocycles. The van der Waals surface area contributed by atoms with Crippen LogP contribution in [-0.4, -0.2) is 0 Å². The molecule has 0 nitrogen and oxygen atoms in total. The van der Waals surface area contributed by atoms with Crippen LogP contribution in [0.5, 0.6) is 0 Å². The van der Waals surface area contributed by atoms with Gasteiger partial charge in [0.15, 0.2) is 0 Å². The van der Waals surface area contributed by atoms with Crippen molar-refractivity contribution in [3.63, 3.8) is 0 Å². The van der Waals surface area contributed by atoms with Crippen LogP contribution >= 0.6 is 0 Å². The molecule has 0 N–H and O–H groups in total. The molecule has 0 saturated heterocycles. The molecule has 170 valence electrons. The van der Waals surface area contributed by atoms with Crippen molar-refractivity contribution in [2.45, 2.75) is 103 Å². The molecular formula is C27H41F3. The maximum absolute atomic E-state index is 12.7. The van der Waals surface area contributed by atoms with Gasteiger partial charge in [0.1, 0.15) is 0 Å². The van der Waals surface area contributed by atoms with E-state index in [-0.39, 0.29) is 0 Å². The monoisotopic (exact) mass is 422 g/mol. The van der Waals surface area contributed by atoms with E-state index in [1.807, 2.05) is 0 Å². The van der Waals surface area contributed by atoms with Crippen LogP contribution in [0.2, 0.25) is 0 Å². The van der Waals surface area contributed by atoms with E-state index in [0.29, 0.717) is 0 Å². The molecule has 0 spiro atoms. The zero-order valence-corrected chi connectivity index (χ0v) is 19.0. The molecule has 2 aliphatic rings. The molecule has 1 unspecified atom stereocenters. The largest absolute Gasteiger partial charge is 0.416 e. The molecule has 2 fully saturated rings. The van der Waals surface area contributed by atoms with Gasteiger partial charge in [-0.15, -0.1) is 0 Å². The van der Waals surface area contributed by atoms with Crippen LogP contribution < -0.4 is 0 Å². The smallest absolute Gasteiger partial charge is 0.166 e. The number of alkyl halides is 3. The van der Waals surface area contributed by atoms with Crippen LogP contribution in [0.4, 0.5) is 13.2 Å². The quantitative estimate of drug-likeness (QED) is 0.392. The lowest BCUT2D eigenvalue weighted by Gasteiger charge is -2.38. The molecule has 3 rings (SSSR count). The summed E-state index contributed by atoms with van der Waals surface area (Å²) in [5.41, 5.74) is 0.502. The Hall–Kier alpha value is -0.990. The summed E-state index contributed by atoms with van der Waals surface area (Å²) in [4.78, 5) is 0. The number of rotatable bonds is 8. The summed E-state index contributed by atoms with van der Waals surface area (Å²) in [7, 11) is 0. The van der Waals surface area contributed by atoms with Crippen molar-refractivity contribution in [1.82, 2.24) is 0 Å². The van der Waals surface area contributed by atoms with E-state index in [9.17, 15) is 13.2 Å². The normalized spacial score (nSPS) is 29.0. The Balaban J connectivity index is 1.33. The van der Waals surface area contributed by atoms with Gasteiger partial charge in [0, 0.05) is 0 Å². The van der Waals surface area contributed by atoms with Crippen molar-refractivity contribution in [3.8, 4) is 0 Å². The molecule has 2 aliphatic carbocycles. The molecule has 1 aromatic rings. The highest BCUT2D eigenvalue weighted by atomic mass is 19.4. The fourth-order valence-electron chi connectivity index (χ4n) is 5.85. The standard InChI is InChI=1S/C27H41F3/c1-3-20(2)4-5-21-8-14-24(15-9-21)25-16-10-22(11-17-25)6-7-23-12-18-26(19-13-23)27(28,29)30/h12-13,18-22,24-25H,3-11,14-17H2,1-2H3. The minimum atomic E-state index is -4.23. The lowest BCUT2D eigenvalue weighted by molar-refractivity contribution is -0.137. The molecule has 2 saturated carbocycles. The Morgan fingerprint density at radius 3 is 1.77 bits per heavy atom. The van der Waals surface area contributed by atoms with E-state index in [0.717, 1.165) is 48.0 Å². The molecule has 0 radical (unpaired) electrons. The summed E-state index contributed by atoms with van der Waals surface area (Å²) in [6.45, 7) is 4.70. The number of benzene rings is 1. The van der Waals surface area contributed by atoms with Gasteiger partial charge in [0.2, 0.25) is 0 Å². The van der Waals surface area contributed by atoms with Crippen LogP contribution in [0.25, 0.3) is 0 Å². The Morgan fingerprint density at radius 1 is 0.800 bits per heavy atom. The number of aryl methyl sites for hydroxylation is 1. The first-order chi connectivity index (χ1) is 14.3. The molecule has 3 heteroatoms. The Bertz CT molecular complexity index is 602. The number of halogens is 3. The zero-order chi connectivity index (χ0) is 21.6. The highest BCUT2D eigenvalue weighted by Gasteiger charge is 2.31. The van der Waals surface area contributed by atoms with Gasteiger partial charge in [-0.25, -0.2) is 0 Å². The van der Waals surface area contributed by atoms with Crippen LogP contribution in [0.1, 0.15) is 102 Å². The van der Waals surface area contributed by atoms with E-state index >= 15 is 0 Å². The van der Waals surface area contributed by atoms with Crippen LogP contribution in [0, 0.1) is 29.6 Å². The molecule has 0 heterocycles. The highest BCUT2D eigenvalue weighted by molar-refractivity contribution is 5.24. The van der Waals surface area contributed by atoms with Gasteiger partial charge in [0.25, 0.3) is 0 Å². The van der Waals surface area contributed by atoms with Gasteiger partial charge >= 0.3 is 6.18 Å². The first-order valence-electron chi connectivity index (χ1n) is 12.5. The highest BCUT2D eigenvalue weighted by Crippen LogP contribution is 2.43. The van der Waals surface area contributed by atoms with Crippen molar-refractivity contribution in [1.29, 1.82) is 0 Å². The molecule has 0 aliphatic heterocycles. The van der Waals surface area contributed by atoms with Crippen LogP contribution in [0.3, 0.4) is 0 Å². The van der Waals surface area contributed by atoms with Gasteiger partial charge in [-0.05, 0) is 85.8 Å². The SMILES string of the molecule is CCC(C)CCC1CCC(C2CCC(CCc3ccc(C(F)(F)F)cc3)CC2)CC1. The topological polar surface area (TPSA) is 0 Å². The zero-order valence-electron chi connectivity index (χ0n) is 19.0. The summed E-state index contributed by atoms with van der Waals surface area (Å²) in [5, 5.41) is 0. The van der Waals surface area contributed by atoms with Gasteiger partial charge in [-0.1, -0.05) is 70.9 Å². The van der Waals surface area contributed by atoms with Gasteiger partial charge in [0.05, 0.1) is 5.56 Å². The third-order valence-corrected chi connectivity index (χ3v) is 8.34. The fourth-order valence-corrected chi connectivity index (χ4v) is 5.85. The minimum Gasteiger partial charge on any atom is -0.166 e. The van der Waals surface area contributed by atoms with E-state index in [1.54, 1.807) is 12.1 Å². The summed E-state index contributed by atoms with van der Waals surface area (Å²) < 4.78 is 38.1.